The van der Waals surface area contributed by atoms with Gasteiger partial charge in [-0.1, -0.05) is 12.1 Å². The lowest BCUT2D eigenvalue weighted by Gasteiger charge is -2.38. The number of amides is 1. The number of carbonyl (C=O) groups excluding carboxylic acids is 1. The second-order valence-corrected chi connectivity index (χ2v) is 8.26. The molecule has 168 valence electrons. The Morgan fingerprint density at radius 2 is 1.90 bits per heavy atom. The van der Waals surface area contributed by atoms with E-state index in [1.807, 2.05) is 25.7 Å². The molecule has 3 saturated heterocycles. The van der Waals surface area contributed by atoms with Crippen LogP contribution in [-0.4, -0.2) is 62.4 Å². The van der Waals surface area contributed by atoms with Crippen molar-refractivity contribution in [3.8, 4) is 0 Å². The molecule has 0 N–H and O–H groups in total. The van der Waals surface area contributed by atoms with Crippen LogP contribution >= 0.6 is 0 Å². The van der Waals surface area contributed by atoms with Crippen molar-refractivity contribution in [3.05, 3.63) is 17.4 Å². The number of ether oxygens (including phenoxy) is 4. The number of benzene rings is 1. The predicted molar refractivity (Wildman–Crippen MR) is 109 cm³/mol. The lowest BCUT2D eigenvalue weighted by molar-refractivity contribution is -0.0445. The summed E-state index contributed by atoms with van der Waals surface area (Å²) < 4.78 is 43.8. The molecule has 3 atom stereocenters. The smallest absolute Gasteiger partial charge is 0.416 e. The van der Waals surface area contributed by atoms with Gasteiger partial charge in [0.05, 0.1) is 42.5 Å². The van der Waals surface area contributed by atoms with Gasteiger partial charge in [0.1, 0.15) is 6.61 Å². The van der Waals surface area contributed by atoms with Crippen LogP contribution in [0.15, 0.2) is 10.6 Å². The minimum absolute atomic E-state index is 0.00639. The van der Waals surface area contributed by atoms with Crippen LogP contribution in [0.1, 0.15) is 39.0 Å². The molecule has 1 aromatic heterocycles. The Labute approximate surface area is 178 Å². The first-order valence-electron chi connectivity index (χ1n) is 10.7. The van der Waals surface area contributed by atoms with Crippen LogP contribution < -0.4 is 9.80 Å². The van der Waals surface area contributed by atoms with Gasteiger partial charge in [-0.05, 0) is 26.3 Å². The van der Waals surface area contributed by atoms with Crippen LogP contribution in [0.4, 0.5) is 20.7 Å². The van der Waals surface area contributed by atoms with E-state index in [1.165, 1.54) is 4.90 Å². The molecule has 9 nitrogen and oxygen atoms in total. The molecule has 0 aliphatic carbocycles. The zero-order valence-electron chi connectivity index (χ0n) is 17.8. The SMILES string of the molecule is CC[C@H]1COC(=O)N1c1noc2c(F)c(N3C[C@@H](C)O[C@@H](C)C3)c(C3OCCO3)cc12. The maximum atomic E-state index is 15.9. The molecule has 0 saturated carbocycles. The van der Waals surface area contributed by atoms with E-state index in [4.69, 9.17) is 23.5 Å². The van der Waals surface area contributed by atoms with Crippen LogP contribution in [0.3, 0.4) is 0 Å². The summed E-state index contributed by atoms with van der Waals surface area (Å²) in [6.45, 7) is 8.00. The molecule has 0 bridgehead atoms. The first kappa shape index (κ1) is 20.5. The van der Waals surface area contributed by atoms with E-state index in [1.54, 1.807) is 6.07 Å². The molecule has 1 amide bonds. The fourth-order valence-electron chi connectivity index (χ4n) is 4.63. The first-order chi connectivity index (χ1) is 15.0. The average Bonchev–Trinajstić information content (AvgIpc) is 3.46. The number of carbonyl (C=O) groups is 1. The van der Waals surface area contributed by atoms with Crippen LogP contribution in [-0.2, 0) is 18.9 Å². The van der Waals surface area contributed by atoms with E-state index in [9.17, 15) is 4.79 Å². The summed E-state index contributed by atoms with van der Waals surface area (Å²) in [6, 6.07) is 1.57. The number of nitrogens with zero attached hydrogens (tertiary/aromatic N) is 3. The third-order valence-corrected chi connectivity index (χ3v) is 5.96. The quantitative estimate of drug-likeness (QED) is 0.723. The van der Waals surface area contributed by atoms with E-state index in [0.717, 1.165) is 0 Å². The van der Waals surface area contributed by atoms with E-state index in [-0.39, 0.29) is 36.3 Å². The van der Waals surface area contributed by atoms with Crippen molar-refractivity contribution in [2.75, 3.05) is 42.7 Å². The summed E-state index contributed by atoms with van der Waals surface area (Å²) in [6.07, 6.45) is -0.680. The van der Waals surface area contributed by atoms with Gasteiger partial charge in [0.15, 0.2) is 17.9 Å². The van der Waals surface area contributed by atoms with Gasteiger partial charge in [0, 0.05) is 18.7 Å². The summed E-state index contributed by atoms with van der Waals surface area (Å²) in [5, 5.41) is 4.45. The molecule has 1 aromatic carbocycles. The molecule has 2 aromatic rings. The van der Waals surface area contributed by atoms with Gasteiger partial charge in [0.25, 0.3) is 0 Å². The standard InChI is InChI=1S/C21H26FN3O6/c1-4-13-10-29-21(26)25(13)19-15-7-14(20-27-5-6-28-20)17(16(22)18(15)31-23-19)24-8-11(2)30-12(3)9-24/h7,11-13,20H,4-6,8-10H2,1-3H3/t11-,12+,13-/m0/s1. The molecule has 3 aliphatic heterocycles. The number of cyclic esters (lactones) is 1. The summed E-state index contributed by atoms with van der Waals surface area (Å²) >= 11 is 0. The highest BCUT2D eigenvalue weighted by Gasteiger charge is 2.39. The number of aromatic nitrogens is 1. The summed E-state index contributed by atoms with van der Waals surface area (Å²) in [4.78, 5) is 15.7. The Morgan fingerprint density at radius 3 is 2.58 bits per heavy atom. The van der Waals surface area contributed by atoms with Crippen LogP contribution in [0.2, 0.25) is 0 Å². The Kier molecular flexibility index (Phi) is 5.23. The van der Waals surface area contributed by atoms with E-state index >= 15 is 4.39 Å². The number of morpholine rings is 1. The molecule has 0 spiro atoms. The highest BCUT2D eigenvalue weighted by Crippen LogP contribution is 2.42. The van der Waals surface area contributed by atoms with Crippen LogP contribution in [0.5, 0.6) is 0 Å². The lowest BCUT2D eigenvalue weighted by atomic mass is 10.0. The Bertz CT molecular complexity index is 981. The van der Waals surface area contributed by atoms with Gasteiger partial charge in [-0.3, -0.25) is 4.90 Å². The van der Waals surface area contributed by atoms with Gasteiger partial charge < -0.3 is 28.4 Å². The maximum Gasteiger partial charge on any atom is 0.416 e. The zero-order valence-corrected chi connectivity index (χ0v) is 17.8. The maximum absolute atomic E-state index is 15.9. The summed E-state index contributed by atoms with van der Waals surface area (Å²) in [7, 11) is 0. The van der Waals surface area contributed by atoms with Gasteiger partial charge in [-0.15, -0.1) is 0 Å². The normalized spacial score (nSPS) is 27.5. The number of hydrogen-bond acceptors (Lipinski definition) is 8. The fourth-order valence-corrected chi connectivity index (χ4v) is 4.63. The molecule has 5 rings (SSSR count). The van der Waals surface area contributed by atoms with Crippen molar-refractivity contribution in [2.45, 2.75) is 51.7 Å². The third kappa shape index (κ3) is 3.42. The largest absolute Gasteiger partial charge is 0.447 e. The average molecular weight is 435 g/mol. The fraction of sp³-hybridized carbons (Fsp3) is 0.619. The van der Waals surface area contributed by atoms with E-state index in [0.29, 0.717) is 49.4 Å². The van der Waals surface area contributed by atoms with Crippen LogP contribution in [0.25, 0.3) is 11.0 Å². The number of rotatable bonds is 4. The zero-order chi connectivity index (χ0) is 21.7. The summed E-state index contributed by atoms with van der Waals surface area (Å²) in [5.41, 5.74) is 0.905. The lowest BCUT2D eigenvalue weighted by Crippen LogP contribution is -2.46. The Balaban J connectivity index is 1.66. The summed E-state index contributed by atoms with van der Waals surface area (Å²) in [5.74, 6) is -0.301. The van der Waals surface area contributed by atoms with Gasteiger partial charge in [-0.25, -0.2) is 9.18 Å². The van der Waals surface area contributed by atoms with Crippen molar-refractivity contribution < 1.29 is 32.7 Å². The molecule has 3 fully saturated rings. The molecular weight excluding hydrogens is 409 g/mol. The topological polar surface area (TPSA) is 86.5 Å². The number of halogens is 1. The highest BCUT2D eigenvalue weighted by atomic mass is 19.1. The first-order valence-corrected chi connectivity index (χ1v) is 10.7. The van der Waals surface area contributed by atoms with E-state index in [2.05, 4.69) is 5.16 Å². The second kappa shape index (κ2) is 7.92. The Morgan fingerprint density at radius 1 is 1.19 bits per heavy atom. The molecule has 10 heteroatoms. The number of fused-ring (bicyclic) bond motifs is 1. The Hall–Kier alpha value is -2.43. The van der Waals surface area contributed by atoms with Crippen molar-refractivity contribution >= 4 is 28.6 Å². The van der Waals surface area contributed by atoms with E-state index < -0.39 is 18.2 Å². The highest BCUT2D eigenvalue weighted by molar-refractivity contribution is 6.01. The van der Waals surface area contributed by atoms with Crippen molar-refractivity contribution in [1.29, 1.82) is 0 Å². The molecule has 0 radical (unpaired) electrons. The third-order valence-electron chi connectivity index (χ3n) is 5.96. The molecular formula is C21H26FN3O6. The minimum Gasteiger partial charge on any atom is -0.447 e. The molecule has 31 heavy (non-hydrogen) atoms. The second-order valence-electron chi connectivity index (χ2n) is 8.26. The van der Waals surface area contributed by atoms with Crippen LogP contribution in [0, 0.1) is 5.82 Å². The van der Waals surface area contributed by atoms with Gasteiger partial charge in [0.2, 0.25) is 5.58 Å². The predicted octanol–water partition coefficient (Wildman–Crippen LogP) is 3.36. The monoisotopic (exact) mass is 435 g/mol. The van der Waals surface area contributed by atoms with Crippen molar-refractivity contribution in [2.24, 2.45) is 0 Å². The van der Waals surface area contributed by atoms with Crippen molar-refractivity contribution in [3.63, 3.8) is 0 Å². The van der Waals surface area contributed by atoms with Gasteiger partial charge in [-0.2, -0.15) is 0 Å². The number of hydrogen-bond donors (Lipinski definition) is 0. The molecule has 3 aliphatic rings. The number of anilines is 2. The van der Waals surface area contributed by atoms with Gasteiger partial charge >= 0.3 is 6.09 Å². The van der Waals surface area contributed by atoms with Crippen molar-refractivity contribution in [1.82, 2.24) is 5.16 Å². The molecule has 4 heterocycles. The minimum atomic E-state index is -0.711. The molecule has 0 unspecified atom stereocenters.